The first-order valence-corrected chi connectivity index (χ1v) is 5.70. The SMILES string of the molecule is Cn1cc(C(N)C(=O)NCc2cccn2C)cn1. The first-order chi connectivity index (χ1) is 8.58. The summed E-state index contributed by atoms with van der Waals surface area (Å²) in [6.45, 7) is 0.469. The second kappa shape index (κ2) is 5.05. The molecule has 1 atom stereocenters. The van der Waals surface area contributed by atoms with E-state index in [1.165, 1.54) is 0 Å². The van der Waals surface area contributed by atoms with E-state index in [0.29, 0.717) is 12.1 Å². The number of carbonyl (C=O) groups is 1. The fourth-order valence-electron chi connectivity index (χ4n) is 1.72. The minimum atomic E-state index is -0.682. The maximum absolute atomic E-state index is 11.9. The van der Waals surface area contributed by atoms with Crippen LogP contribution in [0.4, 0.5) is 0 Å². The van der Waals surface area contributed by atoms with Gasteiger partial charge in [-0.2, -0.15) is 5.10 Å². The Hall–Kier alpha value is -2.08. The molecule has 6 heteroatoms. The van der Waals surface area contributed by atoms with Gasteiger partial charge in [-0.15, -0.1) is 0 Å². The maximum atomic E-state index is 11.9. The van der Waals surface area contributed by atoms with E-state index in [-0.39, 0.29) is 5.91 Å². The Morgan fingerprint density at radius 1 is 1.56 bits per heavy atom. The Bertz CT molecular complexity index is 542. The summed E-state index contributed by atoms with van der Waals surface area (Å²) in [4.78, 5) is 11.9. The molecule has 1 unspecified atom stereocenters. The van der Waals surface area contributed by atoms with Crippen LogP contribution in [-0.2, 0) is 25.4 Å². The van der Waals surface area contributed by atoms with Gasteiger partial charge in [0.25, 0.3) is 0 Å². The average molecular weight is 247 g/mol. The molecule has 0 fully saturated rings. The zero-order valence-corrected chi connectivity index (χ0v) is 10.5. The first kappa shape index (κ1) is 12.4. The van der Waals surface area contributed by atoms with Gasteiger partial charge in [-0.05, 0) is 12.1 Å². The van der Waals surface area contributed by atoms with Gasteiger partial charge in [0, 0.05) is 37.7 Å². The summed E-state index contributed by atoms with van der Waals surface area (Å²) in [6, 6.07) is 3.21. The molecule has 0 spiro atoms. The van der Waals surface area contributed by atoms with Crippen molar-refractivity contribution in [2.75, 3.05) is 0 Å². The van der Waals surface area contributed by atoms with Crippen LogP contribution in [-0.4, -0.2) is 20.3 Å². The van der Waals surface area contributed by atoms with Crippen molar-refractivity contribution >= 4 is 5.91 Å². The molecule has 2 rings (SSSR count). The number of nitrogens with one attached hydrogen (secondary N) is 1. The van der Waals surface area contributed by atoms with Crippen LogP contribution in [0, 0.1) is 0 Å². The highest BCUT2D eigenvalue weighted by Gasteiger charge is 2.17. The summed E-state index contributed by atoms with van der Waals surface area (Å²) in [5.41, 5.74) is 7.60. The minimum absolute atomic E-state index is 0.204. The smallest absolute Gasteiger partial charge is 0.241 e. The lowest BCUT2D eigenvalue weighted by molar-refractivity contribution is -0.122. The lowest BCUT2D eigenvalue weighted by Crippen LogP contribution is -2.33. The number of aryl methyl sites for hydroxylation is 2. The van der Waals surface area contributed by atoms with Gasteiger partial charge in [0.05, 0.1) is 12.7 Å². The molecule has 2 aromatic heterocycles. The average Bonchev–Trinajstić information content (AvgIpc) is 2.94. The zero-order chi connectivity index (χ0) is 13.1. The molecule has 0 radical (unpaired) electrons. The fraction of sp³-hybridized carbons (Fsp3) is 0.333. The van der Waals surface area contributed by atoms with E-state index in [2.05, 4.69) is 10.4 Å². The van der Waals surface area contributed by atoms with Crippen molar-refractivity contribution in [1.29, 1.82) is 0 Å². The summed E-state index contributed by atoms with van der Waals surface area (Å²) in [5, 5.41) is 6.81. The normalized spacial score (nSPS) is 12.4. The molecular weight excluding hydrogens is 230 g/mol. The van der Waals surface area contributed by atoms with Gasteiger partial charge in [0.1, 0.15) is 6.04 Å². The third-order valence-electron chi connectivity index (χ3n) is 2.86. The van der Waals surface area contributed by atoms with E-state index in [0.717, 1.165) is 5.69 Å². The largest absolute Gasteiger partial charge is 0.353 e. The molecule has 6 nitrogen and oxygen atoms in total. The van der Waals surface area contributed by atoms with Crippen molar-refractivity contribution < 1.29 is 4.79 Å². The van der Waals surface area contributed by atoms with Crippen LogP contribution in [0.1, 0.15) is 17.3 Å². The molecule has 0 aliphatic rings. The number of aromatic nitrogens is 3. The fourth-order valence-corrected chi connectivity index (χ4v) is 1.72. The Balaban J connectivity index is 1.94. The molecule has 0 aromatic carbocycles. The summed E-state index contributed by atoms with van der Waals surface area (Å²) in [5.74, 6) is -0.204. The van der Waals surface area contributed by atoms with Crippen molar-refractivity contribution in [3.63, 3.8) is 0 Å². The van der Waals surface area contributed by atoms with Gasteiger partial charge in [-0.1, -0.05) is 0 Å². The van der Waals surface area contributed by atoms with Crippen molar-refractivity contribution in [3.8, 4) is 0 Å². The lowest BCUT2D eigenvalue weighted by atomic mass is 10.1. The summed E-state index contributed by atoms with van der Waals surface area (Å²) >= 11 is 0. The molecule has 1 amide bonds. The third-order valence-corrected chi connectivity index (χ3v) is 2.86. The molecule has 0 aliphatic carbocycles. The third kappa shape index (κ3) is 2.60. The second-order valence-electron chi connectivity index (χ2n) is 4.25. The predicted molar refractivity (Wildman–Crippen MR) is 67.4 cm³/mol. The number of nitrogens with zero attached hydrogens (tertiary/aromatic N) is 3. The Kier molecular flexibility index (Phi) is 3.47. The molecular formula is C12H17N5O. The Labute approximate surface area is 105 Å². The lowest BCUT2D eigenvalue weighted by Gasteiger charge is -2.11. The second-order valence-corrected chi connectivity index (χ2v) is 4.25. The van der Waals surface area contributed by atoms with E-state index >= 15 is 0 Å². The molecule has 0 saturated carbocycles. The van der Waals surface area contributed by atoms with Crippen LogP contribution >= 0.6 is 0 Å². The zero-order valence-electron chi connectivity index (χ0n) is 10.5. The summed E-state index contributed by atoms with van der Waals surface area (Å²) in [6.07, 6.45) is 5.28. The molecule has 18 heavy (non-hydrogen) atoms. The van der Waals surface area contributed by atoms with Gasteiger partial charge in [-0.25, -0.2) is 0 Å². The molecule has 2 heterocycles. The monoisotopic (exact) mass is 247 g/mol. The van der Waals surface area contributed by atoms with E-state index in [9.17, 15) is 4.79 Å². The Morgan fingerprint density at radius 2 is 2.33 bits per heavy atom. The molecule has 0 saturated heterocycles. The number of amides is 1. The first-order valence-electron chi connectivity index (χ1n) is 5.70. The maximum Gasteiger partial charge on any atom is 0.241 e. The molecule has 2 aromatic rings. The van der Waals surface area contributed by atoms with Crippen molar-refractivity contribution in [3.05, 3.63) is 42.0 Å². The standard InChI is InChI=1S/C12H17N5O/c1-16-5-3-4-10(16)7-14-12(18)11(13)9-6-15-17(2)8-9/h3-6,8,11H,7,13H2,1-2H3,(H,14,18). The van der Waals surface area contributed by atoms with Gasteiger partial charge in [0.15, 0.2) is 0 Å². The number of nitrogens with two attached hydrogens (primary N) is 1. The van der Waals surface area contributed by atoms with Crippen LogP contribution in [0.15, 0.2) is 30.7 Å². The van der Waals surface area contributed by atoms with Crippen LogP contribution in [0.5, 0.6) is 0 Å². The summed E-state index contributed by atoms with van der Waals surface area (Å²) < 4.78 is 3.58. The highest BCUT2D eigenvalue weighted by atomic mass is 16.2. The number of rotatable bonds is 4. The van der Waals surface area contributed by atoms with Gasteiger partial charge >= 0.3 is 0 Å². The topological polar surface area (TPSA) is 77.9 Å². The number of carbonyl (C=O) groups excluding carboxylic acids is 1. The Morgan fingerprint density at radius 3 is 2.89 bits per heavy atom. The highest BCUT2D eigenvalue weighted by molar-refractivity contribution is 5.82. The van der Waals surface area contributed by atoms with Crippen molar-refractivity contribution in [2.45, 2.75) is 12.6 Å². The van der Waals surface area contributed by atoms with Crippen molar-refractivity contribution in [2.24, 2.45) is 19.8 Å². The molecule has 0 aliphatic heterocycles. The highest BCUT2D eigenvalue weighted by Crippen LogP contribution is 2.08. The van der Waals surface area contributed by atoms with Crippen LogP contribution in [0.25, 0.3) is 0 Å². The predicted octanol–water partition coefficient (Wildman–Crippen LogP) is 0.0748. The molecule has 3 N–H and O–H groups in total. The van der Waals surface area contributed by atoms with E-state index in [1.54, 1.807) is 24.1 Å². The minimum Gasteiger partial charge on any atom is -0.353 e. The summed E-state index contributed by atoms with van der Waals surface area (Å²) in [7, 11) is 3.72. The van der Waals surface area contributed by atoms with Gasteiger partial charge < -0.3 is 15.6 Å². The number of hydrogen-bond acceptors (Lipinski definition) is 3. The van der Waals surface area contributed by atoms with Crippen LogP contribution < -0.4 is 11.1 Å². The van der Waals surface area contributed by atoms with Gasteiger partial charge in [-0.3, -0.25) is 9.48 Å². The van der Waals surface area contributed by atoms with Crippen LogP contribution in [0.3, 0.4) is 0 Å². The van der Waals surface area contributed by atoms with E-state index in [1.807, 2.05) is 29.9 Å². The van der Waals surface area contributed by atoms with Crippen molar-refractivity contribution in [1.82, 2.24) is 19.7 Å². The van der Waals surface area contributed by atoms with E-state index < -0.39 is 6.04 Å². The molecule has 0 bridgehead atoms. The number of hydrogen-bond donors (Lipinski definition) is 2. The van der Waals surface area contributed by atoms with Gasteiger partial charge in [0.2, 0.25) is 5.91 Å². The van der Waals surface area contributed by atoms with E-state index in [4.69, 9.17) is 5.73 Å². The quantitative estimate of drug-likeness (QED) is 0.803. The van der Waals surface area contributed by atoms with Crippen LogP contribution in [0.2, 0.25) is 0 Å². The molecule has 96 valence electrons.